The number of thiazole rings is 1. The van der Waals surface area contributed by atoms with Crippen LogP contribution in [-0.2, 0) is 17.7 Å². The van der Waals surface area contributed by atoms with E-state index in [0.717, 1.165) is 12.2 Å². The topological polar surface area (TPSA) is 73.3 Å². The van der Waals surface area contributed by atoms with E-state index in [-0.39, 0.29) is 24.7 Å². The number of carbonyl (C=O) groups excluding carboxylic acids is 1. The third kappa shape index (κ3) is 5.37. The molecule has 0 radical (unpaired) electrons. The van der Waals surface area contributed by atoms with Crippen LogP contribution in [0.3, 0.4) is 0 Å². The van der Waals surface area contributed by atoms with Crippen molar-refractivity contribution in [2.45, 2.75) is 19.9 Å². The molecule has 0 atom stereocenters. The third-order valence-electron chi connectivity index (χ3n) is 4.23. The number of benzene rings is 2. The van der Waals surface area contributed by atoms with Gasteiger partial charge in [-0.2, -0.15) is 4.57 Å². The van der Waals surface area contributed by atoms with Gasteiger partial charge in [-0.15, -0.1) is 0 Å². The molecule has 0 unspecified atom stereocenters. The number of carbonyl (C=O) groups is 1. The van der Waals surface area contributed by atoms with Crippen LogP contribution in [0.5, 0.6) is 0 Å². The zero-order chi connectivity index (χ0) is 19.2. The second kappa shape index (κ2) is 9.96. The van der Waals surface area contributed by atoms with Gasteiger partial charge >= 0.3 is 5.97 Å². The molecular formula is C20H19ClN2O4S. The molecule has 0 aliphatic heterocycles. The van der Waals surface area contributed by atoms with E-state index >= 15 is 0 Å². The van der Waals surface area contributed by atoms with Gasteiger partial charge in [0.1, 0.15) is 0 Å². The molecule has 0 saturated heterocycles. The van der Waals surface area contributed by atoms with Crippen molar-refractivity contribution in [3.8, 4) is 0 Å². The highest BCUT2D eigenvalue weighted by molar-refractivity contribution is 7.09. The summed E-state index contributed by atoms with van der Waals surface area (Å²) in [7, 11) is 0. The molecule has 0 saturated carbocycles. The molecular weight excluding hydrogens is 400 g/mol. The van der Waals surface area contributed by atoms with E-state index in [2.05, 4.69) is 29.1 Å². The molecule has 1 heterocycles. The minimum Gasteiger partial charge on any atom is -1.00 e. The van der Waals surface area contributed by atoms with E-state index in [4.69, 9.17) is 4.74 Å². The Morgan fingerprint density at radius 3 is 2.46 bits per heavy atom. The number of halogens is 1. The Hall–Kier alpha value is -2.77. The average Bonchev–Trinajstić information content (AvgIpc) is 3.02. The van der Waals surface area contributed by atoms with E-state index in [0.29, 0.717) is 12.0 Å². The summed E-state index contributed by atoms with van der Waals surface area (Å²) >= 11 is 1.64. The van der Waals surface area contributed by atoms with Crippen LogP contribution in [0, 0.1) is 17.0 Å². The predicted octanol–water partition coefficient (Wildman–Crippen LogP) is 0.704. The number of hydrogen-bond donors (Lipinski definition) is 0. The van der Waals surface area contributed by atoms with Crippen LogP contribution >= 0.6 is 11.3 Å². The molecule has 1 aromatic heterocycles. The minimum absolute atomic E-state index is 0. The maximum absolute atomic E-state index is 12.1. The van der Waals surface area contributed by atoms with Crippen LogP contribution in [0.1, 0.15) is 26.5 Å². The number of aromatic nitrogens is 1. The summed E-state index contributed by atoms with van der Waals surface area (Å²) in [6.45, 7) is 3.14. The number of ether oxygens (including phenoxy) is 1. The second-order valence-electron chi connectivity index (χ2n) is 6.04. The van der Waals surface area contributed by atoms with E-state index in [9.17, 15) is 14.9 Å². The molecule has 28 heavy (non-hydrogen) atoms. The Bertz CT molecular complexity index is 943. The van der Waals surface area contributed by atoms with Crippen molar-refractivity contribution in [1.29, 1.82) is 0 Å². The second-order valence-corrected chi connectivity index (χ2v) is 6.97. The van der Waals surface area contributed by atoms with Crippen molar-refractivity contribution in [3.05, 3.63) is 91.9 Å². The molecule has 3 rings (SSSR count). The summed E-state index contributed by atoms with van der Waals surface area (Å²) in [6.07, 6.45) is 0.636. The predicted molar refractivity (Wildman–Crippen MR) is 102 cm³/mol. The van der Waals surface area contributed by atoms with Gasteiger partial charge in [0.2, 0.25) is 5.51 Å². The van der Waals surface area contributed by atoms with E-state index in [1.807, 2.05) is 18.2 Å². The Morgan fingerprint density at radius 1 is 1.14 bits per heavy atom. The van der Waals surface area contributed by atoms with Gasteiger partial charge in [-0.3, -0.25) is 10.1 Å². The van der Waals surface area contributed by atoms with Gasteiger partial charge in [0.05, 0.1) is 22.0 Å². The summed E-state index contributed by atoms with van der Waals surface area (Å²) in [5, 5.41) is 10.6. The Kier molecular flexibility index (Phi) is 7.66. The van der Waals surface area contributed by atoms with Crippen LogP contribution < -0.4 is 17.0 Å². The number of hydrogen-bond acceptors (Lipinski definition) is 5. The van der Waals surface area contributed by atoms with Crippen molar-refractivity contribution >= 4 is 23.0 Å². The fourth-order valence-electron chi connectivity index (χ4n) is 2.67. The maximum atomic E-state index is 12.1. The number of nitro benzene ring substituents is 1. The first-order valence-corrected chi connectivity index (χ1v) is 9.34. The molecule has 0 amide bonds. The number of esters is 1. The molecule has 0 fully saturated rings. The van der Waals surface area contributed by atoms with Crippen LogP contribution in [0.4, 0.5) is 5.69 Å². The minimum atomic E-state index is -0.501. The van der Waals surface area contributed by atoms with Crippen LogP contribution in [0.15, 0.2) is 60.1 Å². The van der Waals surface area contributed by atoms with Crippen LogP contribution in [0.25, 0.3) is 0 Å². The number of rotatable bonds is 7. The lowest BCUT2D eigenvalue weighted by Gasteiger charge is -2.04. The molecule has 0 spiro atoms. The monoisotopic (exact) mass is 418 g/mol. The molecule has 6 nitrogen and oxygen atoms in total. The Balaban J connectivity index is 0.00000280. The maximum Gasteiger partial charge on any atom is 0.338 e. The zero-order valence-corrected chi connectivity index (χ0v) is 16.8. The first-order chi connectivity index (χ1) is 13.0. The lowest BCUT2D eigenvalue weighted by Crippen LogP contribution is -3.00. The lowest BCUT2D eigenvalue weighted by molar-refractivity contribution is -0.689. The quantitative estimate of drug-likeness (QED) is 0.245. The highest BCUT2D eigenvalue weighted by atomic mass is 35.5. The molecule has 0 N–H and O–H groups in total. The van der Waals surface area contributed by atoms with Crippen molar-refractivity contribution in [3.63, 3.8) is 0 Å². The molecule has 8 heteroatoms. The molecule has 2 aromatic carbocycles. The van der Waals surface area contributed by atoms with Crippen molar-refractivity contribution in [2.24, 2.45) is 0 Å². The SMILES string of the molecule is Cc1c(CCOC(=O)c2ccc([N+](=O)[O-])cc2)sc[n+]1Cc1ccccc1.[Cl-]. The first kappa shape index (κ1) is 21.5. The summed E-state index contributed by atoms with van der Waals surface area (Å²) in [6, 6.07) is 15.6. The van der Waals surface area contributed by atoms with E-state index in [1.165, 1.54) is 34.7 Å². The van der Waals surface area contributed by atoms with Gasteiger partial charge in [0, 0.05) is 31.0 Å². The summed E-state index contributed by atoms with van der Waals surface area (Å²) in [5.41, 5.74) is 4.73. The smallest absolute Gasteiger partial charge is 0.338 e. The standard InChI is InChI=1S/C20H19N2O4S.ClH/c1-15-19(27-14-21(15)13-16-5-3-2-4-6-16)11-12-26-20(23)17-7-9-18(10-8-17)22(24)25;/h2-10,14H,11-13H2,1H3;1H/q+1;/p-1. The van der Waals surface area contributed by atoms with Crippen molar-refractivity contribution in [1.82, 2.24) is 0 Å². The van der Waals surface area contributed by atoms with E-state index < -0.39 is 10.9 Å². The van der Waals surface area contributed by atoms with E-state index in [1.54, 1.807) is 11.3 Å². The highest BCUT2D eigenvalue weighted by Crippen LogP contribution is 2.15. The van der Waals surface area contributed by atoms with Gasteiger partial charge in [-0.25, -0.2) is 4.79 Å². The Labute approximate surface area is 173 Å². The molecule has 3 aromatic rings. The van der Waals surface area contributed by atoms with Gasteiger partial charge in [-0.1, -0.05) is 41.7 Å². The fraction of sp³-hybridized carbons (Fsp3) is 0.200. The van der Waals surface area contributed by atoms with Gasteiger partial charge in [0.25, 0.3) is 5.69 Å². The fourth-order valence-corrected chi connectivity index (χ4v) is 3.64. The average molecular weight is 419 g/mol. The number of non-ortho nitro benzene ring substituents is 1. The van der Waals surface area contributed by atoms with Gasteiger partial charge in [-0.05, 0) is 12.1 Å². The van der Waals surface area contributed by atoms with Gasteiger partial charge in [0.15, 0.2) is 12.2 Å². The summed E-state index contributed by atoms with van der Waals surface area (Å²) < 4.78 is 7.49. The largest absolute Gasteiger partial charge is 1.00 e. The number of nitrogens with zero attached hydrogens (tertiary/aromatic N) is 2. The van der Waals surface area contributed by atoms with Crippen LogP contribution in [-0.4, -0.2) is 17.5 Å². The summed E-state index contributed by atoms with van der Waals surface area (Å²) in [5.74, 6) is -0.476. The first-order valence-electron chi connectivity index (χ1n) is 8.46. The Morgan fingerprint density at radius 2 is 1.82 bits per heavy atom. The van der Waals surface area contributed by atoms with Crippen LogP contribution in [0.2, 0.25) is 0 Å². The summed E-state index contributed by atoms with van der Waals surface area (Å²) in [4.78, 5) is 23.4. The highest BCUT2D eigenvalue weighted by Gasteiger charge is 2.16. The van der Waals surface area contributed by atoms with Gasteiger partial charge < -0.3 is 17.1 Å². The third-order valence-corrected chi connectivity index (χ3v) is 5.37. The lowest BCUT2D eigenvalue weighted by atomic mass is 10.2. The van der Waals surface area contributed by atoms with Crippen molar-refractivity contribution in [2.75, 3.05) is 6.61 Å². The normalized spacial score (nSPS) is 10.2. The number of nitro groups is 1. The molecule has 0 aliphatic rings. The molecule has 0 aliphatic carbocycles. The molecule has 0 bridgehead atoms. The molecule has 146 valence electrons. The van der Waals surface area contributed by atoms with Crippen molar-refractivity contribution < 1.29 is 31.4 Å². The zero-order valence-electron chi connectivity index (χ0n) is 15.2.